The Morgan fingerprint density at radius 2 is 2.09 bits per heavy atom. The molecule has 120 valence electrons. The second kappa shape index (κ2) is 5.32. The Labute approximate surface area is 125 Å². The normalized spacial score (nSPS) is 28.4. The maximum Gasteiger partial charge on any atom is 0.187 e. The molecule has 0 unspecified atom stereocenters. The molecule has 0 spiro atoms. The number of fused-ring (bicyclic) bond motifs is 1. The van der Waals surface area contributed by atoms with Crippen LogP contribution in [0.25, 0.3) is 11.0 Å². The number of ether oxygens (including phenoxy) is 1. The zero-order chi connectivity index (χ0) is 16.0. The van der Waals surface area contributed by atoms with E-state index in [2.05, 4.69) is 15.3 Å². The maximum atomic E-state index is 10.1. The van der Waals surface area contributed by atoms with Gasteiger partial charge < -0.3 is 30.7 Å². The number of aliphatic hydroxyl groups is 3. The number of nitrogens with zero attached hydrogens (tertiary/aromatic N) is 5. The summed E-state index contributed by atoms with van der Waals surface area (Å²) in [6.07, 6.45) is -2.82. The van der Waals surface area contributed by atoms with Crippen LogP contribution in [0.1, 0.15) is 6.23 Å². The van der Waals surface area contributed by atoms with Crippen molar-refractivity contribution in [1.29, 1.82) is 0 Å². The molecule has 1 fully saturated rings. The molecule has 0 aromatic carbocycles. The highest BCUT2D eigenvalue weighted by Gasteiger charge is 2.44. The molecule has 3 rings (SSSR count). The number of nitrogen functional groups attached to an aromatic ring is 1. The smallest absolute Gasteiger partial charge is 0.187 e. The monoisotopic (exact) mass is 310 g/mol. The molecule has 0 bridgehead atoms. The van der Waals surface area contributed by atoms with Crippen molar-refractivity contribution in [3.63, 3.8) is 0 Å². The van der Waals surface area contributed by atoms with Crippen LogP contribution in [0.15, 0.2) is 6.20 Å². The summed E-state index contributed by atoms with van der Waals surface area (Å²) in [7, 11) is 3.67. The molecule has 10 heteroatoms. The molecule has 1 saturated heterocycles. The van der Waals surface area contributed by atoms with E-state index in [9.17, 15) is 10.2 Å². The van der Waals surface area contributed by atoms with Crippen molar-refractivity contribution < 1.29 is 20.1 Å². The van der Waals surface area contributed by atoms with E-state index in [0.717, 1.165) is 5.69 Å². The quantitative estimate of drug-likeness (QED) is 0.510. The Morgan fingerprint density at radius 1 is 1.36 bits per heavy atom. The Bertz CT molecular complexity index is 690. The van der Waals surface area contributed by atoms with Gasteiger partial charge >= 0.3 is 0 Å². The van der Waals surface area contributed by atoms with Crippen molar-refractivity contribution in [2.75, 3.05) is 31.3 Å². The Balaban J connectivity index is 2.11. The molecule has 0 aliphatic carbocycles. The summed E-state index contributed by atoms with van der Waals surface area (Å²) in [6.45, 7) is -0.419. The third-order valence-electron chi connectivity index (χ3n) is 3.74. The van der Waals surface area contributed by atoms with E-state index in [1.54, 1.807) is 6.20 Å². The van der Waals surface area contributed by atoms with Crippen LogP contribution in [-0.4, -0.2) is 74.3 Å². The molecule has 0 saturated carbocycles. The first-order valence-corrected chi connectivity index (χ1v) is 6.74. The third-order valence-corrected chi connectivity index (χ3v) is 3.74. The summed E-state index contributed by atoms with van der Waals surface area (Å²) in [5.41, 5.74) is 7.01. The highest BCUT2D eigenvalue weighted by Crippen LogP contribution is 2.34. The van der Waals surface area contributed by atoms with Crippen LogP contribution in [0.3, 0.4) is 0 Å². The van der Waals surface area contributed by atoms with E-state index >= 15 is 0 Å². The number of rotatable bonds is 3. The van der Waals surface area contributed by atoms with Crippen molar-refractivity contribution in [1.82, 2.24) is 20.0 Å². The van der Waals surface area contributed by atoms with Gasteiger partial charge in [0.25, 0.3) is 0 Å². The molecule has 0 radical (unpaired) electrons. The number of hydrogen-bond acceptors (Lipinski definition) is 9. The summed E-state index contributed by atoms with van der Waals surface area (Å²) < 4.78 is 6.74. The molecule has 22 heavy (non-hydrogen) atoms. The summed E-state index contributed by atoms with van der Waals surface area (Å²) >= 11 is 0. The fourth-order valence-corrected chi connectivity index (χ4v) is 2.59. The minimum absolute atomic E-state index is 0.214. The van der Waals surface area contributed by atoms with E-state index < -0.39 is 31.1 Å². The number of aliphatic hydroxyl groups excluding tert-OH is 3. The first-order chi connectivity index (χ1) is 10.5. The molecule has 1 aliphatic heterocycles. The molecule has 1 aliphatic rings. The van der Waals surface area contributed by atoms with Crippen molar-refractivity contribution in [2.45, 2.75) is 24.5 Å². The fraction of sp³-hybridized carbons (Fsp3) is 0.583. The summed E-state index contributed by atoms with van der Waals surface area (Å²) in [6, 6.07) is 0. The van der Waals surface area contributed by atoms with Gasteiger partial charge in [-0.25, -0.2) is 4.68 Å². The first-order valence-electron chi connectivity index (χ1n) is 6.74. The van der Waals surface area contributed by atoms with Crippen molar-refractivity contribution in [3.05, 3.63) is 6.20 Å². The summed E-state index contributed by atoms with van der Waals surface area (Å²) in [4.78, 5) is 1.82. The molecular weight excluding hydrogens is 292 g/mol. The van der Waals surface area contributed by atoms with Crippen LogP contribution in [0.2, 0.25) is 0 Å². The molecule has 3 heterocycles. The van der Waals surface area contributed by atoms with Crippen LogP contribution in [-0.2, 0) is 4.74 Å². The maximum absolute atomic E-state index is 10.1. The van der Waals surface area contributed by atoms with Gasteiger partial charge in [0, 0.05) is 14.1 Å². The molecular formula is C12H18N6O4. The lowest BCUT2D eigenvalue weighted by Crippen LogP contribution is -2.33. The molecule has 5 N–H and O–H groups in total. The standard InChI is InChI=1S/C12H18N6O4/c1-17(2)5-3-14-15-11-7(5)10(13)16-18(11)12-9(21)8(20)6(4-19)22-12/h3,6,8-9,12,19-21H,4H2,1-2H3,(H2,13,16)/t6-,8-,9+,12-/m1/s1. The van der Waals surface area contributed by atoms with Gasteiger partial charge in [-0.2, -0.15) is 10.2 Å². The van der Waals surface area contributed by atoms with Crippen LogP contribution >= 0.6 is 0 Å². The molecule has 4 atom stereocenters. The molecule has 2 aromatic heterocycles. The number of aromatic nitrogens is 4. The fourth-order valence-electron chi connectivity index (χ4n) is 2.59. The average Bonchev–Trinajstić information content (AvgIpc) is 2.98. The lowest BCUT2D eigenvalue weighted by molar-refractivity contribution is -0.0565. The minimum Gasteiger partial charge on any atom is -0.394 e. The topological polar surface area (TPSA) is 143 Å². The average molecular weight is 310 g/mol. The Kier molecular flexibility index (Phi) is 3.60. The van der Waals surface area contributed by atoms with Crippen LogP contribution in [0.4, 0.5) is 11.5 Å². The van der Waals surface area contributed by atoms with Crippen molar-refractivity contribution >= 4 is 22.5 Å². The number of anilines is 2. The van der Waals surface area contributed by atoms with E-state index in [0.29, 0.717) is 11.0 Å². The van der Waals surface area contributed by atoms with Crippen molar-refractivity contribution in [3.8, 4) is 0 Å². The van der Waals surface area contributed by atoms with Gasteiger partial charge in [-0.15, -0.1) is 5.10 Å². The summed E-state index contributed by atoms with van der Waals surface area (Å²) in [5, 5.41) is 41.8. The van der Waals surface area contributed by atoms with Gasteiger partial charge in [0.2, 0.25) is 0 Å². The predicted molar refractivity (Wildman–Crippen MR) is 77.1 cm³/mol. The van der Waals surface area contributed by atoms with Gasteiger partial charge in [0.15, 0.2) is 17.7 Å². The molecule has 2 aromatic rings. The van der Waals surface area contributed by atoms with Gasteiger partial charge in [0.05, 0.1) is 23.9 Å². The van der Waals surface area contributed by atoms with E-state index in [-0.39, 0.29) is 5.82 Å². The number of nitrogens with two attached hydrogens (primary N) is 1. The van der Waals surface area contributed by atoms with Gasteiger partial charge in [0.1, 0.15) is 18.3 Å². The largest absolute Gasteiger partial charge is 0.394 e. The highest BCUT2D eigenvalue weighted by atomic mass is 16.6. The second-order valence-electron chi connectivity index (χ2n) is 5.38. The minimum atomic E-state index is -1.26. The molecule has 10 nitrogen and oxygen atoms in total. The summed E-state index contributed by atoms with van der Waals surface area (Å²) in [5.74, 6) is 0.214. The van der Waals surface area contributed by atoms with Crippen LogP contribution in [0.5, 0.6) is 0 Å². The lowest BCUT2D eigenvalue weighted by atomic mass is 10.1. The zero-order valence-corrected chi connectivity index (χ0v) is 12.2. The Morgan fingerprint density at radius 3 is 2.68 bits per heavy atom. The van der Waals surface area contributed by atoms with E-state index in [1.165, 1.54) is 4.68 Å². The Hall–Kier alpha value is -2.01. The van der Waals surface area contributed by atoms with E-state index in [4.69, 9.17) is 15.6 Å². The third kappa shape index (κ3) is 2.08. The predicted octanol–water partition coefficient (Wildman–Crippen LogP) is -1.91. The first kappa shape index (κ1) is 14.9. The van der Waals surface area contributed by atoms with E-state index in [1.807, 2.05) is 19.0 Å². The van der Waals surface area contributed by atoms with Crippen LogP contribution < -0.4 is 10.6 Å². The lowest BCUT2D eigenvalue weighted by Gasteiger charge is -2.16. The highest BCUT2D eigenvalue weighted by molar-refractivity contribution is 5.97. The second-order valence-corrected chi connectivity index (χ2v) is 5.38. The van der Waals surface area contributed by atoms with Crippen LogP contribution in [0, 0.1) is 0 Å². The van der Waals surface area contributed by atoms with Gasteiger partial charge in [-0.05, 0) is 0 Å². The van der Waals surface area contributed by atoms with Gasteiger partial charge in [-0.3, -0.25) is 0 Å². The SMILES string of the molecule is CN(C)c1cnnc2c1c(N)nn2[C@@H]1O[C@H](CO)[C@@H](O)[C@@H]1O. The zero-order valence-electron chi connectivity index (χ0n) is 12.2. The van der Waals surface area contributed by atoms with Crippen molar-refractivity contribution in [2.24, 2.45) is 0 Å². The van der Waals surface area contributed by atoms with Gasteiger partial charge in [-0.1, -0.05) is 0 Å². The molecule has 0 amide bonds. The number of hydrogen-bond donors (Lipinski definition) is 4.